The van der Waals surface area contributed by atoms with E-state index in [2.05, 4.69) is 29.9 Å². The van der Waals surface area contributed by atoms with Gasteiger partial charge in [0, 0.05) is 108 Å². The Kier molecular flexibility index (Phi) is 19.9. The van der Waals surface area contributed by atoms with Crippen LogP contribution >= 0.6 is 0 Å². The average molecular weight is 1050 g/mol. The van der Waals surface area contributed by atoms with Crippen molar-refractivity contribution >= 4 is 0 Å². The lowest BCUT2D eigenvalue weighted by Gasteiger charge is -2.20. The first-order valence-corrected chi connectivity index (χ1v) is 25.3. The fourth-order valence-electron chi connectivity index (χ4n) is 8.58. The van der Waals surface area contributed by atoms with Crippen molar-refractivity contribution in [1.82, 2.24) is 29.9 Å². The Bertz CT molecular complexity index is 3200. The van der Waals surface area contributed by atoms with Gasteiger partial charge in [-0.3, -0.25) is 29.9 Å². The molecular formula is C68H56N6O6. The first-order valence-electron chi connectivity index (χ1n) is 25.3. The summed E-state index contributed by atoms with van der Waals surface area (Å²) in [6, 6.07) is 65.6. The zero-order valence-corrected chi connectivity index (χ0v) is 43.2. The van der Waals surface area contributed by atoms with Crippen LogP contribution in [0.3, 0.4) is 0 Å². The lowest BCUT2D eigenvalue weighted by atomic mass is 9.84. The zero-order valence-electron chi connectivity index (χ0n) is 43.2. The number of aromatic hydroxyl groups is 6. The van der Waals surface area contributed by atoms with Gasteiger partial charge < -0.3 is 30.6 Å². The minimum absolute atomic E-state index is 0.170. The summed E-state index contributed by atoms with van der Waals surface area (Å²) in [5.41, 5.74) is 11.6. The van der Waals surface area contributed by atoms with Crippen LogP contribution in [0.15, 0.2) is 293 Å². The molecule has 6 heterocycles. The highest BCUT2D eigenvalue weighted by Gasteiger charge is 2.23. The van der Waals surface area contributed by atoms with Gasteiger partial charge in [-0.05, 0) is 166 Å². The molecule has 6 aromatic carbocycles. The van der Waals surface area contributed by atoms with Crippen molar-refractivity contribution in [1.29, 1.82) is 0 Å². The number of hydrogen-bond acceptors (Lipinski definition) is 12. The van der Waals surface area contributed by atoms with Crippen LogP contribution in [0.25, 0.3) is 33.4 Å². The topological polar surface area (TPSA) is 199 Å². The Balaban J connectivity index is 0.000000135. The highest BCUT2D eigenvalue weighted by atomic mass is 16.3. The van der Waals surface area contributed by atoms with Crippen LogP contribution < -0.4 is 0 Å². The molecule has 0 bridgehead atoms. The summed E-state index contributed by atoms with van der Waals surface area (Å²) in [5, 5.41) is 59.9. The monoisotopic (exact) mass is 1050 g/mol. The number of rotatable bonds is 9. The first kappa shape index (κ1) is 55.3. The number of aromatic nitrogens is 6. The highest BCUT2D eigenvalue weighted by molar-refractivity contribution is 5.63. The van der Waals surface area contributed by atoms with Crippen LogP contribution in [0.1, 0.15) is 45.2 Å². The molecule has 0 saturated heterocycles. The second-order valence-electron chi connectivity index (χ2n) is 17.7. The molecular weight excluding hydrogens is 997 g/mol. The number of nitrogens with zero attached hydrogens (tertiary/aromatic N) is 6. The molecule has 0 aliphatic rings. The molecule has 80 heavy (non-hydrogen) atoms. The third kappa shape index (κ3) is 15.6. The van der Waals surface area contributed by atoms with E-state index in [-0.39, 0.29) is 46.3 Å². The molecule has 12 rings (SSSR count). The minimum Gasteiger partial charge on any atom is -0.508 e. The predicted octanol–water partition coefficient (Wildman–Crippen LogP) is 14.4. The second kappa shape index (κ2) is 28.8. The van der Waals surface area contributed by atoms with Gasteiger partial charge in [0.1, 0.15) is 34.5 Å². The van der Waals surface area contributed by atoms with E-state index in [9.17, 15) is 30.6 Å². The van der Waals surface area contributed by atoms with E-state index in [0.29, 0.717) is 22.3 Å². The average Bonchev–Trinajstić information content (AvgIpc) is 3.53. The maximum absolute atomic E-state index is 10.2. The Morgan fingerprint density at radius 2 is 0.375 bits per heavy atom. The number of pyridine rings is 6. The Morgan fingerprint density at radius 1 is 0.200 bits per heavy atom. The van der Waals surface area contributed by atoms with E-state index in [4.69, 9.17) is 0 Å². The van der Waals surface area contributed by atoms with Crippen molar-refractivity contribution in [2.24, 2.45) is 0 Å². The highest BCUT2D eigenvalue weighted by Crippen LogP contribution is 2.42. The van der Waals surface area contributed by atoms with Crippen molar-refractivity contribution in [2.75, 3.05) is 0 Å². The summed E-state index contributed by atoms with van der Waals surface area (Å²) in [7, 11) is 0. The smallest absolute Gasteiger partial charge is 0.119 e. The summed E-state index contributed by atoms with van der Waals surface area (Å²) in [6.45, 7) is 0. The molecule has 0 spiro atoms. The molecule has 0 aliphatic heterocycles. The van der Waals surface area contributed by atoms with Gasteiger partial charge >= 0.3 is 0 Å². The molecule has 12 aromatic rings. The SMILES string of the molecule is Oc1ccc(C(c2ccccc2O)c2ccccc2O)cc1.Oc1ccc(C(c2ccccc2O)c2ccccc2O)cc1.c1cc(-c2ccncc2)ccn1.c1cc(-c2ccncc2)ccn1.c1cc(-c2ccncc2)ccn1. The van der Waals surface area contributed by atoms with Gasteiger partial charge in [0.25, 0.3) is 0 Å². The fourth-order valence-corrected chi connectivity index (χ4v) is 8.58. The summed E-state index contributed by atoms with van der Waals surface area (Å²) < 4.78 is 0. The van der Waals surface area contributed by atoms with Gasteiger partial charge in [0.05, 0.1) is 0 Å². The van der Waals surface area contributed by atoms with Crippen LogP contribution in [-0.4, -0.2) is 60.5 Å². The molecule has 12 heteroatoms. The first-order chi connectivity index (χ1) is 39.2. The zero-order chi connectivity index (χ0) is 55.7. The summed E-state index contributed by atoms with van der Waals surface area (Å²) in [4.78, 5) is 23.7. The van der Waals surface area contributed by atoms with E-state index < -0.39 is 0 Å². The Labute approximate surface area is 464 Å². The van der Waals surface area contributed by atoms with Gasteiger partial charge in [-0.25, -0.2) is 0 Å². The normalized spacial score (nSPS) is 10.3. The fraction of sp³-hybridized carbons (Fsp3) is 0.0294. The molecule has 0 unspecified atom stereocenters. The van der Waals surface area contributed by atoms with Crippen LogP contribution in [-0.2, 0) is 0 Å². The Morgan fingerprint density at radius 3 is 0.550 bits per heavy atom. The number of phenols is 6. The molecule has 6 aromatic heterocycles. The molecule has 0 atom stereocenters. The third-order valence-electron chi connectivity index (χ3n) is 12.5. The summed E-state index contributed by atoms with van der Waals surface area (Å²) in [6.07, 6.45) is 21.4. The van der Waals surface area contributed by atoms with Crippen LogP contribution in [0.2, 0.25) is 0 Å². The van der Waals surface area contributed by atoms with E-state index in [1.54, 1.807) is 171 Å². The Hall–Kier alpha value is -11.0. The summed E-state index contributed by atoms with van der Waals surface area (Å²) in [5.74, 6) is 0.403. The quantitative estimate of drug-likeness (QED) is 0.0749. The van der Waals surface area contributed by atoms with Crippen LogP contribution in [0, 0.1) is 0 Å². The van der Waals surface area contributed by atoms with Gasteiger partial charge in [0.15, 0.2) is 0 Å². The van der Waals surface area contributed by atoms with Gasteiger partial charge in [-0.15, -0.1) is 0 Å². The number of phenolic OH excluding ortho intramolecular Hbond substituents is 6. The standard InChI is InChI=1S/2C19H16O3.3C10H8N2/c2*20-14-11-9-13(10-12-14)19(15-5-1-3-7-17(15)21)16-6-2-4-8-18(16)22;3*1-5-11-6-2-9(1)10-3-7-12-8-4-10/h2*1-12,19-22H;3*1-8H. The van der Waals surface area contributed by atoms with E-state index in [1.807, 2.05) is 121 Å². The van der Waals surface area contributed by atoms with Crippen LogP contribution in [0.4, 0.5) is 0 Å². The molecule has 0 fully saturated rings. The maximum atomic E-state index is 10.2. The van der Waals surface area contributed by atoms with Gasteiger partial charge in [-0.2, -0.15) is 0 Å². The lowest BCUT2D eigenvalue weighted by molar-refractivity contribution is 0.457. The molecule has 394 valence electrons. The molecule has 0 amide bonds. The molecule has 0 radical (unpaired) electrons. The van der Waals surface area contributed by atoms with Gasteiger partial charge in [-0.1, -0.05) is 97.1 Å². The van der Waals surface area contributed by atoms with Crippen molar-refractivity contribution in [3.8, 4) is 67.9 Å². The lowest BCUT2D eigenvalue weighted by Crippen LogP contribution is -2.04. The largest absolute Gasteiger partial charge is 0.508 e. The minimum atomic E-state index is -0.317. The number of hydrogen-bond donors (Lipinski definition) is 6. The summed E-state index contributed by atoms with van der Waals surface area (Å²) >= 11 is 0. The van der Waals surface area contributed by atoms with Crippen LogP contribution in [0.5, 0.6) is 34.5 Å². The third-order valence-corrected chi connectivity index (χ3v) is 12.5. The van der Waals surface area contributed by atoms with E-state index in [1.165, 1.54) is 33.4 Å². The van der Waals surface area contributed by atoms with Crippen molar-refractivity contribution in [2.45, 2.75) is 11.8 Å². The van der Waals surface area contributed by atoms with Crippen molar-refractivity contribution in [3.63, 3.8) is 0 Å². The second-order valence-corrected chi connectivity index (χ2v) is 17.7. The number of para-hydroxylation sites is 4. The van der Waals surface area contributed by atoms with Crippen molar-refractivity contribution in [3.05, 3.63) is 326 Å². The van der Waals surface area contributed by atoms with Crippen molar-refractivity contribution < 1.29 is 30.6 Å². The molecule has 0 saturated carbocycles. The van der Waals surface area contributed by atoms with E-state index in [0.717, 1.165) is 11.1 Å². The van der Waals surface area contributed by atoms with Gasteiger partial charge in [0.2, 0.25) is 0 Å². The molecule has 12 nitrogen and oxygen atoms in total. The number of benzene rings is 6. The molecule has 0 aliphatic carbocycles. The maximum Gasteiger partial charge on any atom is 0.119 e. The molecule has 6 N–H and O–H groups in total. The van der Waals surface area contributed by atoms with E-state index >= 15 is 0 Å². The predicted molar refractivity (Wildman–Crippen MR) is 313 cm³/mol.